The molecule has 0 spiro atoms. The third-order valence-electron chi connectivity index (χ3n) is 3.48. The van der Waals surface area contributed by atoms with E-state index >= 15 is 0 Å². The van der Waals surface area contributed by atoms with Gasteiger partial charge in [0.15, 0.2) is 0 Å². The van der Waals surface area contributed by atoms with Crippen LogP contribution in [0.2, 0.25) is 0 Å². The Balaban J connectivity index is 3.10. The average molecular weight is 303 g/mol. The van der Waals surface area contributed by atoms with Gasteiger partial charge >= 0.3 is 17.9 Å². The van der Waals surface area contributed by atoms with Crippen LogP contribution in [0.1, 0.15) is 38.5 Å². The minimum Gasteiger partial charge on any atom is -0.481 e. The molecule has 9 heteroatoms. The number of hydrogen-bond acceptors (Lipinski definition) is 6. The first-order valence-electron chi connectivity index (χ1n) is 6.77. The molecule has 0 radical (unpaired) electrons. The highest BCUT2D eigenvalue weighted by atomic mass is 16.4. The van der Waals surface area contributed by atoms with Gasteiger partial charge in [-0.05, 0) is 12.8 Å². The molecule has 5 N–H and O–H groups in total. The fourth-order valence-electron chi connectivity index (χ4n) is 2.58. The van der Waals surface area contributed by atoms with E-state index in [0.29, 0.717) is 19.4 Å². The van der Waals surface area contributed by atoms with Gasteiger partial charge in [0.25, 0.3) is 0 Å². The summed E-state index contributed by atoms with van der Waals surface area (Å²) in [5.41, 5.74) is 4.20. The van der Waals surface area contributed by atoms with E-state index < -0.39 is 42.8 Å². The summed E-state index contributed by atoms with van der Waals surface area (Å²) >= 11 is 0. The number of hydrazine groups is 2. The zero-order valence-electron chi connectivity index (χ0n) is 11.7. The van der Waals surface area contributed by atoms with Crippen LogP contribution < -0.4 is 11.0 Å². The monoisotopic (exact) mass is 303 g/mol. The molecule has 1 heterocycles. The number of carbonyl (C=O) groups is 3. The summed E-state index contributed by atoms with van der Waals surface area (Å²) in [6.45, 7) is 0.0971. The minimum absolute atomic E-state index is 0.299. The van der Waals surface area contributed by atoms with Crippen LogP contribution in [0.25, 0.3) is 0 Å². The molecule has 0 aliphatic carbocycles. The Morgan fingerprint density at radius 3 is 2.10 bits per heavy atom. The van der Waals surface area contributed by atoms with Gasteiger partial charge in [-0.1, -0.05) is 12.8 Å². The molecule has 9 nitrogen and oxygen atoms in total. The van der Waals surface area contributed by atoms with Gasteiger partial charge in [-0.2, -0.15) is 5.53 Å². The molecule has 0 atom stereocenters. The molecule has 1 aliphatic rings. The Bertz CT molecular complexity index is 384. The number of hydrogen-bond donors (Lipinski definition) is 5. The van der Waals surface area contributed by atoms with Crippen molar-refractivity contribution in [3.8, 4) is 0 Å². The average Bonchev–Trinajstić information content (AvgIpc) is 2.40. The van der Waals surface area contributed by atoms with Gasteiger partial charge in [0.1, 0.15) is 6.54 Å². The van der Waals surface area contributed by atoms with E-state index in [1.165, 1.54) is 5.01 Å². The van der Waals surface area contributed by atoms with Crippen LogP contribution in [0.3, 0.4) is 0 Å². The zero-order valence-corrected chi connectivity index (χ0v) is 11.7. The summed E-state index contributed by atoms with van der Waals surface area (Å²) in [6, 6.07) is 0. The third kappa shape index (κ3) is 5.66. The summed E-state index contributed by atoms with van der Waals surface area (Å²) in [7, 11) is 0. The number of aliphatic carboxylic acids is 3. The first-order valence-corrected chi connectivity index (χ1v) is 6.77. The van der Waals surface area contributed by atoms with E-state index in [1.54, 1.807) is 0 Å². The summed E-state index contributed by atoms with van der Waals surface area (Å²) in [4.78, 5) is 33.3. The van der Waals surface area contributed by atoms with Crippen LogP contribution in [0.15, 0.2) is 0 Å². The molecular formula is C12H21N3O6. The van der Waals surface area contributed by atoms with Crippen molar-refractivity contribution in [3.05, 3.63) is 0 Å². The molecule has 1 fully saturated rings. The smallest absolute Gasteiger partial charge is 0.319 e. The Kier molecular flexibility index (Phi) is 6.53. The predicted molar refractivity (Wildman–Crippen MR) is 71.2 cm³/mol. The molecule has 0 unspecified atom stereocenters. The lowest BCUT2D eigenvalue weighted by Gasteiger charge is -2.41. The van der Waals surface area contributed by atoms with E-state index in [0.717, 1.165) is 12.8 Å². The topological polar surface area (TPSA) is 139 Å². The molecule has 0 bridgehead atoms. The second-order valence-electron chi connectivity index (χ2n) is 5.19. The van der Waals surface area contributed by atoms with E-state index in [-0.39, 0.29) is 0 Å². The highest BCUT2D eigenvalue weighted by Crippen LogP contribution is 2.30. The maximum Gasteiger partial charge on any atom is 0.319 e. The molecule has 120 valence electrons. The quantitative estimate of drug-likeness (QED) is 0.445. The fourth-order valence-corrected chi connectivity index (χ4v) is 2.58. The van der Waals surface area contributed by atoms with Crippen molar-refractivity contribution in [1.29, 1.82) is 0 Å². The molecule has 1 aliphatic heterocycles. The summed E-state index contributed by atoms with van der Waals surface area (Å²) in [5.74, 6) is -3.48. The Labute approximate surface area is 121 Å². The summed E-state index contributed by atoms with van der Waals surface area (Å²) in [6.07, 6.45) is 1.71. The number of carboxylic acid groups (broad SMARTS) is 3. The highest BCUT2D eigenvalue weighted by Gasteiger charge is 2.42. The van der Waals surface area contributed by atoms with E-state index in [1.807, 2.05) is 0 Å². The van der Waals surface area contributed by atoms with Gasteiger partial charge in [0.2, 0.25) is 0 Å². The standard InChI is InChI=1S/C12H21N3O6/c16-9(17)6-12(7-10(18)19)4-2-1-3-5-13-14-15(12)8-11(20)21/h13-14H,1-8H2,(H,16,17)(H,18,19)(H,20,21). The Morgan fingerprint density at radius 2 is 1.57 bits per heavy atom. The number of nitrogens with one attached hydrogen (secondary N) is 2. The maximum atomic E-state index is 11.2. The lowest BCUT2D eigenvalue weighted by molar-refractivity contribution is -0.154. The maximum absolute atomic E-state index is 11.2. The first kappa shape index (κ1) is 17.3. The Morgan fingerprint density at radius 1 is 0.952 bits per heavy atom. The fraction of sp³-hybridized carbons (Fsp3) is 0.750. The van der Waals surface area contributed by atoms with E-state index in [4.69, 9.17) is 15.3 Å². The largest absolute Gasteiger partial charge is 0.481 e. The molecule has 0 aromatic heterocycles. The van der Waals surface area contributed by atoms with Crippen molar-refractivity contribution in [3.63, 3.8) is 0 Å². The van der Waals surface area contributed by atoms with Gasteiger partial charge in [0, 0.05) is 6.54 Å². The van der Waals surface area contributed by atoms with Crippen LogP contribution in [-0.4, -0.2) is 56.9 Å². The molecule has 1 rings (SSSR count). The zero-order chi connectivity index (χ0) is 15.9. The van der Waals surface area contributed by atoms with Gasteiger partial charge < -0.3 is 15.3 Å². The lowest BCUT2D eigenvalue weighted by atomic mass is 9.84. The molecule has 0 aromatic rings. The summed E-state index contributed by atoms with van der Waals surface area (Å²) in [5, 5.41) is 28.4. The second kappa shape index (κ2) is 7.91. The number of rotatable bonds is 6. The number of carboxylic acids is 3. The molecule has 0 amide bonds. The van der Waals surface area contributed by atoms with Crippen LogP contribution in [0, 0.1) is 0 Å². The van der Waals surface area contributed by atoms with Crippen molar-refractivity contribution in [2.45, 2.75) is 44.1 Å². The lowest BCUT2D eigenvalue weighted by Crippen LogP contribution is -2.62. The van der Waals surface area contributed by atoms with Crippen LogP contribution >= 0.6 is 0 Å². The van der Waals surface area contributed by atoms with Crippen LogP contribution in [-0.2, 0) is 14.4 Å². The van der Waals surface area contributed by atoms with Crippen LogP contribution in [0.5, 0.6) is 0 Å². The molecular weight excluding hydrogens is 282 g/mol. The van der Waals surface area contributed by atoms with Crippen molar-refractivity contribution in [2.24, 2.45) is 0 Å². The van der Waals surface area contributed by atoms with Gasteiger partial charge in [-0.3, -0.25) is 14.4 Å². The van der Waals surface area contributed by atoms with Crippen molar-refractivity contribution in [1.82, 2.24) is 16.0 Å². The van der Waals surface area contributed by atoms with Crippen LogP contribution in [0.4, 0.5) is 0 Å². The third-order valence-corrected chi connectivity index (χ3v) is 3.48. The second-order valence-corrected chi connectivity index (χ2v) is 5.19. The Hall–Kier alpha value is -1.71. The molecule has 21 heavy (non-hydrogen) atoms. The van der Waals surface area contributed by atoms with Gasteiger partial charge in [-0.25, -0.2) is 10.4 Å². The van der Waals surface area contributed by atoms with Gasteiger partial charge in [0.05, 0.1) is 18.4 Å². The highest BCUT2D eigenvalue weighted by molar-refractivity contribution is 5.74. The predicted octanol–water partition coefficient (Wildman–Crippen LogP) is -0.356. The molecule has 0 aromatic carbocycles. The van der Waals surface area contributed by atoms with Crippen molar-refractivity contribution < 1.29 is 29.7 Å². The van der Waals surface area contributed by atoms with Crippen molar-refractivity contribution >= 4 is 17.9 Å². The van der Waals surface area contributed by atoms with E-state index in [2.05, 4.69) is 11.0 Å². The molecule has 0 saturated carbocycles. The van der Waals surface area contributed by atoms with Gasteiger partial charge in [-0.15, -0.1) is 0 Å². The first-order chi connectivity index (χ1) is 9.85. The SMILES string of the molecule is O=C(O)CN1NNCCCCCC1(CC(=O)O)CC(=O)O. The minimum atomic E-state index is -1.28. The van der Waals surface area contributed by atoms with Crippen molar-refractivity contribution in [2.75, 3.05) is 13.1 Å². The normalized spacial score (nSPS) is 20.0. The number of nitrogens with zero attached hydrogens (tertiary/aromatic N) is 1. The molecule has 1 saturated heterocycles. The van der Waals surface area contributed by atoms with E-state index in [9.17, 15) is 14.4 Å². The summed E-state index contributed by atoms with van der Waals surface area (Å²) < 4.78 is 0.